The summed E-state index contributed by atoms with van der Waals surface area (Å²) >= 11 is 0. The van der Waals surface area contributed by atoms with Crippen molar-refractivity contribution in [3.63, 3.8) is 0 Å². The van der Waals surface area contributed by atoms with E-state index in [-0.39, 0.29) is 12.5 Å². The van der Waals surface area contributed by atoms with Crippen molar-refractivity contribution in [3.05, 3.63) is 59.2 Å². The quantitative estimate of drug-likeness (QED) is 0.523. The minimum atomic E-state index is -3.77. The molecule has 2 rings (SSSR count). The Morgan fingerprint density at radius 3 is 2.09 bits per heavy atom. The van der Waals surface area contributed by atoms with E-state index in [2.05, 4.69) is 5.32 Å². The van der Waals surface area contributed by atoms with Crippen molar-refractivity contribution >= 4 is 27.5 Å². The van der Waals surface area contributed by atoms with Gasteiger partial charge in [0.15, 0.2) is 0 Å². The third-order valence-corrected chi connectivity index (χ3v) is 6.73. The maximum atomic E-state index is 13.6. The zero-order valence-electron chi connectivity index (χ0n) is 20.8. The number of para-hydroxylation sites is 1. The molecular formula is C25H35N3O5S. The Morgan fingerprint density at radius 2 is 1.62 bits per heavy atom. The highest BCUT2D eigenvalue weighted by molar-refractivity contribution is 7.92. The molecule has 9 heteroatoms. The molecule has 186 valence electrons. The lowest BCUT2D eigenvalue weighted by Gasteiger charge is -2.33. The van der Waals surface area contributed by atoms with Crippen LogP contribution in [0.3, 0.4) is 0 Å². The number of likely N-dealkylation sites (N-methyl/N-ethyl adjacent to an activating group) is 1. The lowest BCUT2D eigenvalue weighted by atomic mass is 10.1. The fraction of sp³-hybridized carbons (Fsp3) is 0.440. The van der Waals surface area contributed by atoms with Crippen molar-refractivity contribution in [2.24, 2.45) is 0 Å². The normalized spacial score (nSPS) is 12.1. The van der Waals surface area contributed by atoms with E-state index in [4.69, 9.17) is 4.74 Å². The Kier molecular flexibility index (Phi) is 9.49. The first kappa shape index (κ1) is 27.2. The minimum absolute atomic E-state index is 0.156. The molecule has 0 saturated carbocycles. The molecule has 0 radical (unpaired) electrons. The van der Waals surface area contributed by atoms with Crippen LogP contribution in [0.1, 0.15) is 37.0 Å². The molecule has 0 aliphatic rings. The van der Waals surface area contributed by atoms with Crippen molar-refractivity contribution in [2.45, 2.75) is 46.7 Å². The van der Waals surface area contributed by atoms with Crippen LogP contribution in [0.2, 0.25) is 0 Å². The summed E-state index contributed by atoms with van der Waals surface area (Å²) in [6.45, 7) is 7.44. The minimum Gasteiger partial charge on any atom is -0.497 e. The van der Waals surface area contributed by atoms with Crippen LogP contribution in [0, 0.1) is 13.8 Å². The van der Waals surface area contributed by atoms with Crippen LogP contribution in [-0.4, -0.2) is 57.6 Å². The molecule has 0 bridgehead atoms. The van der Waals surface area contributed by atoms with Gasteiger partial charge in [0.1, 0.15) is 18.3 Å². The molecule has 0 fully saturated rings. The van der Waals surface area contributed by atoms with Crippen LogP contribution in [0.25, 0.3) is 0 Å². The number of ether oxygens (including phenoxy) is 1. The summed E-state index contributed by atoms with van der Waals surface area (Å²) in [5.41, 5.74) is 2.77. The van der Waals surface area contributed by atoms with Crippen molar-refractivity contribution in [1.82, 2.24) is 10.2 Å². The van der Waals surface area contributed by atoms with Gasteiger partial charge in [0.2, 0.25) is 21.8 Å². The SMILES string of the molecule is CCNC(=O)C(CC)N(Cc1ccc(OC)cc1)C(=O)CN(c1c(C)cccc1C)S(C)(=O)=O. The topological polar surface area (TPSA) is 96.0 Å². The van der Waals surface area contributed by atoms with E-state index >= 15 is 0 Å². The first-order valence-electron chi connectivity index (χ1n) is 11.3. The maximum Gasteiger partial charge on any atom is 0.244 e. The standard InChI is InChI=1S/C25H35N3O5S/c1-7-22(25(30)26-8-2)27(16-20-12-14-21(33-5)15-13-20)23(29)17-28(34(6,31)32)24-18(3)10-9-11-19(24)4/h9-15,22H,7-8,16-17H2,1-6H3,(H,26,30). The molecule has 0 spiro atoms. The van der Waals surface area contributed by atoms with Crippen LogP contribution in [0.5, 0.6) is 5.75 Å². The van der Waals surface area contributed by atoms with Gasteiger partial charge < -0.3 is 15.0 Å². The average molecular weight is 490 g/mol. The van der Waals surface area contributed by atoms with Crippen LogP contribution in [0.4, 0.5) is 5.69 Å². The Bertz CT molecular complexity index is 1080. The molecule has 0 saturated heterocycles. The van der Waals surface area contributed by atoms with Gasteiger partial charge in [-0.05, 0) is 56.0 Å². The largest absolute Gasteiger partial charge is 0.497 e. The molecule has 0 heterocycles. The highest BCUT2D eigenvalue weighted by atomic mass is 32.2. The second-order valence-electron chi connectivity index (χ2n) is 8.20. The monoisotopic (exact) mass is 489 g/mol. The van der Waals surface area contributed by atoms with Gasteiger partial charge in [-0.15, -0.1) is 0 Å². The van der Waals surface area contributed by atoms with E-state index in [9.17, 15) is 18.0 Å². The number of carbonyl (C=O) groups is 2. The summed E-state index contributed by atoms with van der Waals surface area (Å²) in [6, 6.07) is 11.9. The molecule has 1 atom stereocenters. The van der Waals surface area contributed by atoms with E-state index in [1.165, 1.54) is 4.90 Å². The molecule has 1 N–H and O–H groups in total. The molecule has 1 unspecified atom stereocenters. The van der Waals surface area contributed by atoms with Gasteiger partial charge in [-0.3, -0.25) is 13.9 Å². The van der Waals surface area contributed by atoms with Crippen molar-refractivity contribution in [3.8, 4) is 5.75 Å². The van der Waals surface area contributed by atoms with Crippen molar-refractivity contribution in [2.75, 3.05) is 30.8 Å². The maximum absolute atomic E-state index is 13.6. The lowest BCUT2D eigenvalue weighted by molar-refractivity contribution is -0.140. The summed E-state index contributed by atoms with van der Waals surface area (Å²) < 4.78 is 31.9. The number of nitrogens with zero attached hydrogens (tertiary/aromatic N) is 2. The van der Waals surface area contributed by atoms with Crippen LogP contribution in [0.15, 0.2) is 42.5 Å². The van der Waals surface area contributed by atoms with Gasteiger partial charge in [-0.2, -0.15) is 0 Å². The average Bonchev–Trinajstić information content (AvgIpc) is 2.78. The Morgan fingerprint density at radius 1 is 1.03 bits per heavy atom. The molecule has 2 aromatic rings. The summed E-state index contributed by atoms with van der Waals surface area (Å²) in [4.78, 5) is 27.9. The second kappa shape index (κ2) is 11.9. The van der Waals surface area contributed by atoms with E-state index < -0.39 is 28.5 Å². The van der Waals surface area contributed by atoms with E-state index in [0.29, 0.717) is 24.4 Å². The van der Waals surface area contributed by atoms with Crippen LogP contribution >= 0.6 is 0 Å². The number of methoxy groups -OCH3 is 1. The summed E-state index contributed by atoms with van der Waals surface area (Å²) in [7, 11) is -2.20. The fourth-order valence-corrected chi connectivity index (χ4v) is 4.88. The molecule has 0 aliphatic heterocycles. The molecular weight excluding hydrogens is 454 g/mol. The Balaban J connectivity index is 2.48. The zero-order valence-corrected chi connectivity index (χ0v) is 21.6. The van der Waals surface area contributed by atoms with E-state index in [0.717, 1.165) is 27.3 Å². The zero-order chi connectivity index (χ0) is 25.5. The number of sulfonamides is 1. The van der Waals surface area contributed by atoms with Gasteiger partial charge in [0.05, 0.1) is 19.1 Å². The fourth-order valence-electron chi connectivity index (χ4n) is 3.91. The van der Waals surface area contributed by atoms with Gasteiger partial charge in [0, 0.05) is 13.1 Å². The smallest absolute Gasteiger partial charge is 0.244 e. The lowest BCUT2D eigenvalue weighted by Crippen LogP contribution is -2.52. The Labute approximate surface area is 202 Å². The van der Waals surface area contributed by atoms with Crippen molar-refractivity contribution in [1.29, 1.82) is 0 Å². The number of nitrogens with one attached hydrogen (secondary N) is 1. The highest BCUT2D eigenvalue weighted by Crippen LogP contribution is 2.27. The highest BCUT2D eigenvalue weighted by Gasteiger charge is 2.32. The van der Waals surface area contributed by atoms with Gasteiger partial charge >= 0.3 is 0 Å². The van der Waals surface area contributed by atoms with Crippen molar-refractivity contribution < 1.29 is 22.7 Å². The number of amides is 2. The van der Waals surface area contributed by atoms with Crippen LogP contribution in [-0.2, 0) is 26.2 Å². The number of rotatable bonds is 11. The molecule has 2 amide bonds. The molecule has 0 aromatic heterocycles. The third kappa shape index (κ3) is 6.72. The number of anilines is 1. The summed E-state index contributed by atoms with van der Waals surface area (Å²) in [5.74, 6) is -0.0532. The third-order valence-electron chi connectivity index (χ3n) is 5.62. The molecule has 34 heavy (non-hydrogen) atoms. The van der Waals surface area contributed by atoms with Gasteiger partial charge in [0.25, 0.3) is 0 Å². The molecule has 8 nitrogen and oxygen atoms in total. The van der Waals surface area contributed by atoms with E-state index in [1.807, 2.05) is 58.0 Å². The molecule has 2 aromatic carbocycles. The first-order chi connectivity index (χ1) is 16.0. The van der Waals surface area contributed by atoms with Gasteiger partial charge in [-0.1, -0.05) is 37.3 Å². The predicted octanol–water partition coefficient (Wildman–Crippen LogP) is 3.02. The number of hydrogen-bond acceptors (Lipinski definition) is 5. The number of carbonyl (C=O) groups excluding carboxylic acids is 2. The number of hydrogen-bond donors (Lipinski definition) is 1. The number of aryl methyl sites for hydroxylation is 2. The summed E-state index contributed by atoms with van der Waals surface area (Å²) in [6.07, 6.45) is 1.47. The molecule has 0 aliphatic carbocycles. The number of benzene rings is 2. The first-order valence-corrected chi connectivity index (χ1v) is 13.1. The second-order valence-corrected chi connectivity index (χ2v) is 10.1. The van der Waals surface area contributed by atoms with E-state index in [1.54, 1.807) is 19.2 Å². The van der Waals surface area contributed by atoms with Gasteiger partial charge in [-0.25, -0.2) is 8.42 Å². The predicted molar refractivity (Wildman–Crippen MR) is 134 cm³/mol. The van der Waals surface area contributed by atoms with Crippen LogP contribution < -0.4 is 14.4 Å². The Hall–Kier alpha value is -3.07. The summed E-state index contributed by atoms with van der Waals surface area (Å²) in [5, 5.41) is 2.78.